The zero-order valence-electron chi connectivity index (χ0n) is 22.3. The number of hydrogen-bond acceptors (Lipinski definition) is 4. The van der Waals surface area contributed by atoms with Crippen LogP contribution in [0.2, 0.25) is 0 Å². The fraction of sp³-hybridized carbons (Fsp3) is 0.212. The average Bonchev–Trinajstić information content (AvgIpc) is 3.35. The van der Waals surface area contributed by atoms with Crippen molar-refractivity contribution in [3.63, 3.8) is 0 Å². The Morgan fingerprint density at radius 2 is 1.56 bits per heavy atom. The van der Waals surface area contributed by atoms with E-state index in [-0.39, 0.29) is 11.8 Å². The molecule has 0 aliphatic carbocycles. The molecule has 39 heavy (non-hydrogen) atoms. The lowest BCUT2D eigenvalue weighted by Crippen LogP contribution is -2.27. The summed E-state index contributed by atoms with van der Waals surface area (Å²) in [5.41, 5.74) is 5.48. The van der Waals surface area contributed by atoms with Crippen LogP contribution in [0.1, 0.15) is 34.7 Å². The molecule has 198 valence electrons. The van der Waals surface area contributed by atoms with Crippen molar-refractivity contribution >= 4 is 16.8 Å². The number of nitrogens with one attached hydrogen (secondary N) is 1. The Morgan fingerprint density at radius 3 is 2.26 bits per heavy atom. The number of fused-ring (bicyclic) bond motifs is 1. The molecule has 1 N–H and O–H groups in total. The van der Waals surface area contributed by atoms with Gasteiger partial charge in [-0.25, -0.2) is 0 Å². The topological polar surface area (TPSA) is 65.4 Å². The largest absolute Gasteiger partial charge is 0.497 e. The van der Waals surface area contributed by atoms with Gasteiger partial charge in [0, 0.05) is 60.8 Å². The van der Waals surface area contributed by atoms with E-state index in [1.54, 1.807) is 20.4 Å². The standard InChI is InChI=1S/C33H33N3O3/c1-38-27-14-10-24(11-15-27)22-36-23-31(29-8-3-4-9-32(29)36)30(25-12-16-28(39-2)17-13-25)21-33(37)35-20-18-26-7-5-6-19-34-26/h3-17,19,23,30H,18,20-22H2,1-2H3,(H,35,37)/t30-/m1/s1. The van der Waals surface area contributed by atoms with Gasteiger partial charge in [0.05, 0.1) is 14.2 Å². The molecule has 1 atom stereocenters. The van der Waals surface area contributed by atoms with E-state index in [1.165, 1.54) is 5.56 Å². The summed E-state index contributed by atoms with van der Waals surface area (Å²) in [7, 11) is 3.34. The third-order valence-corrected chi connectivity index (χ3v) is 7.04. The lowest BCUT2D eigenvalue weighted by atomic mass is 9.88. The summed E-state index contributed by atoms with van der Waals surface area (Å²) >= 11 is 0. The maximum absolute atomic E-state index is 13.2. The first-order chi connectivity index (χ1) is 19.1. The summed E-state index contributed by atoms with van der Waals surface area (Å²) in [4.78, 5) is 17.6. The van der Waals surface area contributed by atoms with E-state index in [0.717, 1.165) is 45.8 Å². The van der Waals surface area contributed by atoms with Crippen molar-refractivity contribution in [2.45, 2.75) is 25.3 Å². The van der Waals surface area contributed by atoms with Gasteiger partial charge in [0.1, 0.15) is 11.5 Å². The number of ether oxygens (including phenoxy) is 2. The van der Waals surface area contributed by atoms with E-state index in [0.29, 0.717) is 19.4 Å². The third-order valence-electron chi connectivity index (χ3n) is 7.04. The van der Waals surface area contributed by atoms with Crippen LogP contribution >= 0.6 is 0 Å². The molecule has 2 heterocycles. The Bertz CT molecular complexity index is 1510. The van der Waals surface area contributed by atoms with Crippen molar-refractivity contribution in [1.29, 1.82) is 0 Å². The summed E-state index contributed by atoms with van der Waals surface area (Å²) in [5.74, 6) is 1.52. The highest BCUT2D eigenvalue weighted by atomic mass is 16.5. The SMILES string of the molecule is COc1ccc(Cn2cc([C@H](CC(=O)NCCc3ccccn3)c3ccc(OC)cc3)c3ccccc32)cc1. The van der Waals surface area contributed by atoms with E-state index in [4.69, 9.17) is 9.47 Å². The number of hydrogen-bond donors (Lipinski definition) is 1. The summed E-state index contributed by atoms with van der Waals surface area (Å²) in [6.45, 7) is 1.26. The lowest BCUT2D eigenvalue weighted by molar-refractivity contribution is -0.121. The average molecular weight is 520 g/mol. The monoisotopic (exact) mass is 519 g/mol. The first kappa shape index (κ1) is 26.0. The van der Waals surface area contributed by atoms with Gasteiger partial charge < -0.3 is 19.4 Å². The van der Waals surface area contributed by atoms with Crippen LogP contribution in [-0.4, -0.2) is 36.2 Å². The van der Waals surface area contributed by atoms with Crippen LogP contribution in [0.15, 0.2) is 103 Å². The Balaban J connectivity index is 1.44. The summed E-state index contributed by atoms with van der Waals surface area (Å²) in [6, 6.07) is 30.4. The van der Waals surface area contributed by atoms with Crippen molar-refractivity contribution in [2.75, 3.05) is 20.8 Å². The molecule has 5 rings (SSSR count). The smallest absolute Gasteiger partial charge is 0.220 e. The van der Waals surface area contributed by atoms with Crippen molar-refractivity contribution in [3.8, 4) is 11.5 Å². The first-order valence-corrected chi connectivity index (χ1v) is 13.2. The third kappa shape index (κ3) is 6.29. The van der Waals surface area contributed by atoms with Gasteiger partial charge in [-0.05, 0) is 59.2 Å². The first-order valence-electron chi connectivity index (χ1n) is 13.2. The number of amides is 1. The molecule has 1 amide bonds. The molecule has 2 aromatic heterocycles. The number of nitrogens with zero attached hydrogens (tertiary/aromatic N) is 2. The van der Waals surface area contributed by atoms with Crippen LogP contribution in [-0.2, 0) is 17.8 Å². The van der Waals surface area contributed by atoms with Gasteiger partial charge in [-0.15, -0.1) is 0 Å². The molecule has 3 aromatic carbocycles. The fourth-order valence-electron chi connectivity index (χ4n) is 4.99. The van der Waals surface area contributed by atoms with E-state index in [1.807, 2.05) is 42.5 Å². The Hall–Kier alpha value is -4.58. The van der Waals surface area contributed by atoms with Gasteiger partial charge >= 0.3 is 0 Å². The minimum absolute atomic E-state index is 0.0127. The van der Waals surface area contributed by atoms with Crippen molar-refractivity contribution in [2.24, 2.45) is 0 Å². The molecule has 0 bridgehead atoms. The maximum Gasteiger partial charge on any atom is 0.220 e. The summed E-state index contributed by atoms with van der Waals surface area (Å²) < 4.78 is 13.0. The Morgan fingerprint density at radius 1 is 0.872 bits per heavy atom. The molecular weight excluding hydrogens is 486 g/mol. The predicted molar refractivity (Wildman–Crippen MR) is 154 cm³/mol. The van der Waals surface area contributed by atoms with Crippen LogP contribution in [0.4, 0.5) is 0 Å². The van der Waals surface area contributed by atoms with Gasteiger partial charge in [0.15, 0.2) is 0 Å². The molecule has 5 aromatic rings. The second-order valence-electron chi connectivity index (χ2n) is 9.53. The van der Waals surface area contributed by atoms with Gasteiger partial charge in [-0.3, -0.25) is 9.78 Å². The molecular formula is C33H33N3O3. The highest BCUT2D eigenvalue weighted by Gasteiger charge is 2.23. The highest BCUT2D eigenvalue weighted by Crippen LogP contribution is 2.36. The van der Waals surface area contributed by atoms with Crippen LogP contribution in [0, 0.1) is 0 Å². The van der Waals surface area contributed by atoms with Crippen LogP contribution < -0.4 is 14.8 Å². The van der Waals surface area contributed by atoms with E-state index in [9.17, 15) is 4.79 Å². The summed E-state index contributed by atoms with van der Waals surface area (Å²) in [6.07, 6.45) is 5.01. The lowest BCUT2D eigenvalue weighted by Gasteiger charge is -2.18. The van der Waals surface area contributed by atoms with E-state index in [2.05, 4.69) is 69.6 Å². The minimum atomic E-state index is -0.118. The number of methoxy groups -OCH3 is 2. The van der Waals surface area contributed by atoms with Gasteiger partial charge in [-0.1, -0.05) is 48.5 Å². The molecule has 0 radical (unpaired) electrons. The molecule has 0 saturated heterocycles. The number of aromatic nitrogens is 2. The zero-order chi connectivity index (χ0) is 27.0. The van der Waals surface area contributed by atoms with Crippen molar-refractivity contribution < 1.29 is 14.3 Å². The second kappa shape index (κ2) is 12.3. The molecule has 6 heteroatoms. The predicted octanol–water partition coefficient (Wildman–Crippen LogP) is 5.98. The normalized spacial score (nSPS) is 11.7. The molecule has 0 fully saturated rings. The fourth-order valence-corrected chi connectivity index (χ4v) is 4.99. The van der Waals surface area contributed by atoms with Gasteiger partial charge in [-0.2, -0.15) is 0 Å². The second-order valence-corrected chi connectivity index (χ2v) is 9.53. The van der Waals surface area contributed by atoms with Crippen molar-refractivity contribution in [1.82, 2.24) is 14.9 Å². The number of benzene rings is 3. The quantitative estimate of drug-likeness (QED) is 0.233. The van der Waals surface area contributed by atoms with Crippen LogP contribution in [0.25, 0.3) is 10.9 Å². The highest BCUT2D eigenvalue weighted by molar-refractivity contribution is 5.86. The molecule has 6 nitrogen and oxygen atoms in total. The Labute approximate surface area is 229 Å². The zero-order valence-corrected chi connectivity index (χ0v) is 22.3. The number of para-hydroxylation sites is 1. The van der Waals surface area contributed by atoms with Crippen LogP contribution in [0.5, 0.6) is 11.5 Å². The van der Waals surface area contributed by atoms with Crippen molar-refractivity contribution in [3.05, 3.63) is 126 Å². The number of rotatable bonds is 11. The molecule has 0 unspecified atom stereocenters. The van der Waals surface area contributed by atoms with E-state index < -0.39 is 0 Å². The number of pyridine rings is 1. The molecule has 0 spiro atoms. The van der Waals surface area contributed by atoms with E-state index >= 15 is 0 Å². The van der Waals surface area contributed by atoms with Crippen LogP contribution in [0.3, 0.4) is 0 Å². The molecule has 0 aliphatic rings. The van der Waals surface area contributed by atoms with Gasteiger partial charge in [0.2, 0.25) is 5.91 Å². The minimum Gasteiger partial charge on any atom is -0.497 e. The number of carbonyl (C=O) groups is 1. The summed E-state index contributed by atoms with van der Waals surface area (Å²) in [5, 5.41) is 4.25. The molecule has 0 saturated carbocycles. The van der Waals surface area contributed by atoms with Gasteiger partial charge in [0.25, 0.3) is 0 Å². The molecule has 0 aliphatic heterocycles. The Kier molecular flexibility index (Phi) is 8.22. The number of carbonyl (C=O) groups excluding carboxylic acids is 1. The maximum atomic E-state index is 13.2.